The first-order valence-corrected chi connectivity index (χ1v) is 7.39. The second-order valence-electron chi connectivity index (χ2n) is 4.70. The van der Waals surface area contributed by atoms with Crippen LogP contribution in [0.2, 0.25) is 0 Å². The van der Waals surface area contributed by atoms with Crippen molar-refractivity contribution in [2.75, 3.05) is 18.9 Å². The second kappa shape index (κ2) is 9.23. The Labute approximate surface area is 121 Å². The molecule has 0 aromatic heterocycles. The molecule has 0 aliphatic carbocycles. The van der Waals surface area contributed by atoms with Crippen LogP contribution in [0.4, 0.5) is 5.69 Å². The van der Waals surface area contributed by atoms with E-state index in [9.17, 15) is 4.79 Å². The highest BCUT2D eigenvalue weighted by molar-refractivity contribution is 5.98. The summed E-state index contributed by atoms with van der Waals surface area (Å²) in [5.74, 6) is 0.0884. The number of carbonyl (C=O) groups excluding carboxylic acids is 1. The number of anilines is 1. The molecule has 0 aliphatic rings. The summed E-state index contributed by atoms with van der Waals surface area (Å²) in [7, 11) is 0. The quantitative estimate of drug-likeness (QED) is 0.424. The predicted molar refractivity (Wildman–Crippen MR) is 81.1 cm³/mol. The van der Waals surface area contributed by atoms with Crippen molar-refractivity contribution in [1.29, 1.82) is 0 Å². The van der Waals surface area contributed by atoms with Gasteiger partial charge in [0.15, 0.2) is 0 Å². The van der Waals surface area contributed by atoms with Crippen LogP contribution in [0.1, 0.15) is 56.3 Å². The molecule has 0 amide bonds. The van der Waals surface area contributed by atoms with E-state index >= 15 is 0 Å². The van der Waals surface area contributed by atoms with Gasteiger partial charge >= 0.3 is 5.97 Å². The van der Waals surface area contributed by atoms with E-state index in [1.807, 2.05) is 6.92 Å². The summed E-state index contributed by atoms with van der Waals surface area (Å²) < 4.78 is 10.7. The van der Waals surface area contributed by atoms with Crippen LogP contribution in [-0.2, 0) is 4.74 Å². The van der Waals surface area contributed by atoms with Crippen LogP contribution in [0.5, 0.6) is 5.75 Å². The third-order valence-electron chi connectivity index (χ3n) is 3.04. The molecule has 0 unspecified atom stereocenters. The third-order valence-corrected chi connectivity index (χ3v) is 3.04. The molecule has 4 nitrogen and oxygen atoms in total. The van der Waals surface area contributed by atoms with E-state index in [4.69, 9.17) is 15.2 Å². The molecule has 0 radical (unpaired) electrons. The Morgan fingerprint density at radius 3 is 2.60 bits per heavy atom. The molecule has 1 rings (SSSR count). The Kier molecular flexibility index (Phi) is 7.55. The van der Waals surface area contributed by atoms with Gasteiger partial charge in [-0.15, -0.1) is 0 Å². The molecule has 1 aromatic rings. The first-order valence-electron chi connectivity index (χ1n) is 7.39. The highest BCUT2D eigenvalue weighted by Crippen LogP contribution is 2.25. The van der Waals surface area contributed by atoms with Gasteiger partial charge in [-0.1, -0.05) is 38.7 Å². The van der Waals surface area contributed by atoms with Crippen LogP contribution in [0.3, 0.4) is 0 Å². The minimum Gasteiger partial charge on any atom is -0.493 e. The number of hydrogen-bond donors (Lipinski definition) is 1. The average molecular weight is 279 g/mol. The summed E-state index contributed by atoms with van der Waals surface area (Å²) in [5.41, 5.74) is 6.57. The number of benzene rings is 1. The maximum Gasteiger partial charge on any atom is 0.344 e. The zero-order valence-corrected chi connectivity index (χ0v) is 12.5. The van der Waals surface area contributed by atoms with E-state index in [-0.39, 0.29) is 0 Å². The maximum absolute atomic E-state index is 12.1. The van der Waals surface area contributed by atoms with Crippen LogP contribution in [-0.4, -0.2) is 19.2 Å². The molecule has 0 spiro atoms. The Morgan fingerprint density at radius 2 is 1.90 bits per heavy atom. The van der Waals surface area contributed by atoms with Crippen molar-refractivity contribution in [2.45, 2.75) is 46.0 Å². The van der Waals surface area contributed by atoms with E-state index < -0.39 is 5.97 Å². The standard InChI is InChI=1S/C16H25NO3/c1-3-5-6-7-8-12-20-16(18)15-13(17)10-9-11-14(15)19-4-2/h9-11H,3-8,12,17H2,1-2H3. The summed E-state index contributed by atoms with van der Waals surface area (Å²) in [6.45, 7) is 4.96. The zero-order chi connectivity index (χ0) is 14.8. The number of carbonyl (C=O) groups is 1. The summed E-state index contributed by atoms with van der Waals surface area (Å²) in [4.78, 5) is 12.1. The molecule has 0 saturated heterocycles. The Morgan fingerprint density at radius 1 is 1.15 bits per heavy atom. The first-order chi connectivity index (χ1) is 9.70. The zero-order valence-electron chi connectivity index (χ0n) is 12.5. The van der Waals surface area contributed by atoms with E-state index in [0.29, 0.717) is 30.2 Å². The van der Waals surface area contributed by atoms with Crippen molar-refractivity contribution in [3.8, 4) is 5.75 Å². The van der Waals surface area contributed by atoms with Crippen molar-refractivity contribution in [1.82, 2.24) is 0 Å². The van der Waals surface area contributed by atoms with Crippen molar-refractivity contribution < 1.29 is 14.3 Å². The number of nitrogen functional groups attached to an aromatic ring is 1. The van der Waals surface area contributed by atoms with Crippen molar-refractivity contribution in [3.05, 3.63) is 23.8 Å². The number of esters is 1. The third kappa shape index (κ3) is 5.11. The molecule has 0 heterocycles. The van der Waals surface area contributed by atoms with Gasteiger partial charge in [0.1, 0.15) is 11.3 Å². The molecule has 0 aliphatic heterocycles. The molecule has 0 saturated carbocycles. The predicted octanol–water partition coefficient (Wildman–Crippen LogP) is 3.79. The van der Waals surface area contributed by atoms with E-state index in [0.717, 1.165) is 12.8 Å². The summed E-state index contributed by atoms with van der Waals surface area (Å²) in [6, 6.07) is 5.18. The van der Waals surface area contributed by atoms with Crippen LogP contribution >= 0.6 is 0 Å². The molecular weight excluding hydrogens is 254 g/mol. The van der Waals surface area contributed by atoms with E-state index in [1.165, 1.54) is 19.3 Å². The maximum atomic E-state index is 12.1. The summed E-state index contributed by atoms with van der Waals surface area (Å²) in [5, 5.41) is 0. The van der Waals surface area contributed by atoms with Gasteiger partial charge in [-0.2, -0.15) is 0 Å². The SMILES string of the molecule is CCCCCCCOC(=O)c1c(N)cccc1OCC. The Balaban J connectivity index is 2.50. The van der Waals surface area contributed by atoms with Crippen molar-refractivity contribution >= 4 is 11.7 Å². The Bertz CT molecular complexity index is 418. The monoisotopic (exact) mass is 279 g/mol. The molecule has 0 fully saturated rings. The fourth-order valence-electron chi connectivity index (χ4n) is 1.98. The van der Waals surface area contributed by atoms with Crippen molar-refractivity contribution in [3.63, 3.8) is 0 Å². The van der Waals surface area contributed by atoms with Gasteiger partial charge in [0.05, 0.1) is 13.2 Å². The van der Waals surface area contributed by atoms with Crippen molar-refractivity contribution in [2.24, 2.45) is 0 Å². The fourth-order valence-corrected chi connectivity index (χ4v) is 1.98. The topological polar surface area (TPSA) is 61.5 Å². The normalized spacial score (nSPS) is 10.3. The van der Waals surface area contributed by atoms with Gasteiger partial charge in [-0.3, -0.25) is 0 Å². The van der Waals surface area contributed by atoms with E-state index in [2.05, 4.69) is 6.92 Å². The highest BCUT2D eigenvalue weighted by atomic mass is 16.5. The lowest BCUT2D eigenvalue weighted by Gasteiger charge is -2.12. The Hall–Kier alpha value is -1.71. The molecule has 1 aromatic carbocycles. The summed E-state index contributed by atoms with van der Waals surface area (Å²) in [6.07, 6.45) is 5.60. The van der Waals surface area contributed by atoms with Gasteiger partial charge in [-0.05, 0) is 25.5 Å². The van der Waals surface area contributed by atoms with Gasteiger partial charge in [0, 0.05) is 5.69 Å². The fraction of sp³-hybridized carbons (Fsp3) is 0.562. The number of hydrogen-bond acceptors (Lipinski definition) is 4. The number of rotatable bonds is 9. The average Bonchev–Trinajstić information content (AvgIpc) is 2.43. The van der Waals surface area contributed by atoms with Crippen LogP contribution in [0.15, 0.2) is 18.2 Å². The highest BCUT2D eigenvalue weighted by Gasteiger charge is 2.17. The van der Waals surface area contributed by atoms with Gasteiger partial charge in [0.25, 0.3) is 0 Å². The number of nitrogens with two attached hydrogens (primary N) is 1. The lowest BCUT2D eigenvalue weighted by molar-refractivity contribution is 0.0494. The number of unbranched alkanes of at least 4 members (excludes halogenated alkanes) is 4. The van der Waals surface area contributed by atoms with Gasteiger partial charge in [0.2, 0.25) is 0 Å². The molecular formula is C16H25NO3. The minimum atomic E-state index is -0.401. The smallest absolute Gasteiger partial charge is 0.344 e. The second-order valence-corrected chi connectivity index (χ2v) is 4.70. The van der Waals surface area contributed by atoms with Crippen LogP contribution in [0, 0.1) is 0 Å². The van der Waals surface area contributed by atoms with Crippen LogP contribution in [0.25, 0.3) is 0 Å². The largest absolute Gasteiger partial charge is 0.493 e. The number of ether oxygens (including phenoxy) is 2. The van der Waals surface area contributed by atoms with Crippen LogP contribution < -0.4 is 10.5 Å². The molecule has 4 heteroatoms. The molecule has 0 atom stereocenters. The lowest BCUT2D eigenvalue weighted by atomic mass is 10.1. The summed E-state index contributed by atoms with van der Waals surface area (Å²) >= 11 is 0. The van der Waals surface area contributed by atoms with Gasteiger partial charge < -0.3 is 15.2 Å². The lowest BCUT2D eigenvalue weighted by Crippen LogP contribution is -2.11. The molecule has 2 N–H and O–H groups in total. The first kappa shape index (κ1) is 16.3. The molecule has 0 bridgehead atoms. The van der Waals surface area contributed by atoms with E-state index in [1.54, 1.807) is 18.2 Å². The molecule has 112 valence electrons. The molecule has 20 heavy (non-hydrogen) atoms. The van der Waals surface area contributed by atoms with Gasteiger partial charge in [-0.25, -0.2) is 4.79 Å². The minimum absolute atomic E-state index is 0.336.